The second kappa shape index (κ2) is 4.09. The van der Waals surface area contributed by atoms with Gasteiger partial charge in [-0.15, -0.1) is 0 Å². The molecule has 1 unspecified atom stereocenters. The van der Waals surface area contributed by atoms with Gasteiger partial charge in [-0.2, -0.15) is 0 Å². The van der Waals surface area contributed by atoms with Crippen molar-refractivity contribution in [3.63, 3.8) is 0 Å². The second-order valence-electron chi connectivity index (χ2n) is 7.55. The van der Waals surface area contributed by atoms with Gasteiger partial charge in [0.15, 0.2) is 0 Å². The molecule has 3 atom stereocenters. The molecule has 3 rings (SSSR count). The van der Waals surface area contributed by atoms with Crippen molar-refractivity contribution in [3.8, 4) is 0 Å². The molecule has 1 fully saturated rings. The fraction of sp³-hybridized carbons (Fsp3) is 0.667. The van der Waals surface area contributed by atoms with Gasteiger partial charge in [0, 0.05) is 0 Å². The molecular weight excluding hydrogens is 232 g/mol. The van der Waals surface area contributed by atoms with Crippen LogP contribution in [0.3, 0.4) is 0 Å². The van der Waals surface area contributed by atoms with Gasteiger partial charge in [-0.25, -0.2) is 0 Å². The van der Waals surface area contributed by atoms with Crippen LogP contribution in [0.2, 0.25) is 0 Å². The van der Waals surface area contributed by atoms with Crippen molar-refractivity contribution in [3.05, 3.63) is 34.9 Å². The zero-order chi connectivity index (χ0) is 13.8. The molecule has 0 amide bonds. The molecule has 19 heavy (non-hydrogen) atoms. The topological polar surface area (TPSA) is 20.2 Å². The predicted molar refractivity (Wildman–Crippen MR) is 79.4 cm³/mol. The summed E-state index contributed by atoms with van der Waals surface area (Å²) in [6.07, 6.45) is 4.31. The third kappa shape index (κ3) is 1.78. The molecule has 0 heterocycles. The van der Waals surface area contributed by atoms with Gasteiger partial charge in [0.05, 0.1) is 6.10 Å². The van der Waals surface area contributed by atoms with Crippen LogP contribution in [0.25, 0.3) is 0 Å². The van der Waals surface area contributed by atoms with Crippen LogP contribution in [0.1, 0.15) is 56.7 Å². The third-order valence-corrected chi connectivity index (χ3v) is 6.05. The zero-order valence-electron chi connectivity index (χ0n) is 12.7. The average Bonchev–Trinajstić information content (AvgIpc) is 2.35. The van der Waals surface area contributed by atoms with Gasteiger partial charge in [-0.1, -0.05) is 44.5 Å². The monoisotopic (exact) mass is 258 g/mol. The first-order chi connectivity index (χ1) is 8.85. The van der Waals surface area contributed by atoms with E-state index < -0.39 is 0 Å². The van der Waals surface area contributed by atoms with E-state index in [1.807, 2.05) is 0 Å². The van der Waals surface area contributed by atoms with E-state index in [-0.39, 0.29) is 16.9 Å². The fourth-order valence-corrected chi connectivity index (χ4v) is 4.79. The lowest BCUT2D eigenvalue weighted by atomic mass is 9.49. The zero-order valence-corrected chi connectivity index (χ0v) is 12.7. The molecule has 1 aromatic carbocycles. The molecule has 2 aliphatic carbocycles. The maximum Gasteiger partial charge on any atom is 0.0594 e. The summed E-state index contributed by atoms with van der Waals surface area (Å²) in [4.78, 5) is 0. The van der Waals surface area contributed by atoms with Crippen LogP contribution >= 0.6 is 0 Å². The van der Waals surface area contributed by atoms with Crippen molar-refractivity contribution in [1.29, 1.82) is 0 Å². The SMILES string of the molecule is Cc1ccc2c(c1)[C@@]1(C)CC[C@H](O)C(C)(C)C1CC2. The maximum atomic E-state index is 10.4. The van der Waals surface area contributed by atoms with E-state index in [0.29, 0.717) is 5.92 Å². The molecule has 0 saturated heterocycles. The van der Waals surface area contributed by atoms with Crippen LogP contribution in [0, 0.1) is 18.3 Å². The lowest BCUT2D eigenvalue weighted by molar-refractivity contribution is -0.0730. The van der Waals surface area contributed by atoms with Gasteiger partial charge < -0.3 is 5.11 Å². The molecule has 104 valence electrons. The lowest BCUT2D eigenvalue weighted by Crippen LogP contribution is -2.53. The third-order valence-electron chi connectivity index (χ3n) is 6.05. The highest BCUT2D eigenvalue weighted by molar-refractivity contribution is 5.41. The van der Waals surface area contributed by atoms with Crippen LogP contribution in [0.4, 0.5) is 0 Å². The molecule has 1 nitrogen and oxygen atoms in total. The molecule has 1 N–H and O–H groups in total. The number of rotatable bonds is 0. The number of hydrogen-bond acceptors (Lipinski definition) is 1. The number of aryl methyl sites for hydroxylation is 2. The average molecular weight is 258 g/mol. The molecule has 0 spiro atoms. The summed E-state index contributed by atoms with van der Waals surface area (Å²) in [6, 6.07) is 6.96. The highest BCUT2D eigenvalue weighted by Gasteiger charge is 2.53. The minimum Gasteiger partial charge on any atom is -0.393 e. The minimum absolute atomic E-state index is 0.0361. The Morgan fingerprint density at radius 2 is 1.89 bits per heavy atom. The van der Waals surface area contributed by atoms with Crippen LogP contribution in [0.15, 0.2) is 18.2 Å². The quantitative estimate of drug-likeness (QED) is 0.746. The standard InChI is InChI=1S/C18H26O/c1-12-5-6-13-7-8-15-17(2,3)16(19)9-10-18(15,4)14(13)11-12/h5-6,11,15-16,19H,7-10H2,1-4H3/t15?,16-,18+/m0/s1. The van der Waals surface area contributed by atoms with Crippen LogP contribution < -0.4 is 0 Å². The smallest absolute Gasteiger partial charge is 0.0594 e. The molecule has 0 aromatic heterocycles. The Bertz CT molecular complexity index is 502. The van der Waals surface area contributed by atoms with Gasteiger partial charge >= 0.3 is 0 Å². The Kier molecular flexibility index (Phi) is 2.83. The molecule has 2 aliphatic rings. The summed E-state index contributed by atoms with van der Waals surface area (Å²) in [7, 11) is 0. The Morgan fingerprint density at radius 3 is 2.63 bits per heavy atom. The van der Waals surface area contributed by atoms with E-state index in [9.17, 15) is 5.11 Å². The fourth-order valence-electron chi connectivity index (χ4n) is 4.79. The van der Waals surface area contributed by atoms with E-state index in [1.54, 1.807) is 5.56 Å². The van der Waals surface area contributed by atoms with Crippen molar-refractivity contribution in [2.24, 2.45) is 11.3 Å². The Labute approximate surface area is 117 Å². The van der Waals surface area contributed by atoms with E-state index in [4.69, 9.17) is 0 Å². The molecular formula is C18H26O. The molecule has 1 heteroatoms. The lowest BCUT2D eigenvalue weighted by Gasteiger charge is -2.56. The molecule has 0 radical (unpaired) electrons. The van der Waals surface area contributed by atoms with Gasteiger partial charge in [-0.05, 0) is 60.5 Å². The van der Waals surface area contributed by atoms with Crippen LogP contribution in [-0.4, -0.2) is 11.2 Å². The van der Waals surface area contributed by atoms with Crippen molar-refractivity contribution in [2.75, 3.05) is 0 Å². The maximum absolute atomic E-state index is 10.4. The van der Waals surface area contributed by atoms with Crippen molar-refractivity contribution in [2.45, 2.75) is 64.9 Å². The largest absolute Gasteiger partial charge is 0.393 e. The summed E-state index contributed by atoms with van der Waals surface area (Å²) in [5.74, 6) is 0.595. The summed E-state index contributed by atoms with van der Waals surface area (Å²) < 4.78 is 0. The first-order valence-electron chi connectivity index (χ1n) is 7.64. The van der Waals surface area contributed by atoms with Crippen molar-refractivity contribution in [1.82, 2.24) is 0 Å². The molecule has 1 saturated carbocycles. The Balaban J connectivity index is 2.12. The predicted octanol–water partition coefficient (Wildman–Crippen LogP) is 4.00. The minimum atomic E-state index is -0.142. The molecule has 0 bridgehead atoms. The number of aliphatic hydroxyl groups is 1. The van der Waals surface area contributed by atoms with Gasteiger partial charge in [0.25, 0.3) is 0 Å². The summed E-state index contributed by atoms with van der Waals surface area (Å²) in [5, 5.41) is 10.4. The summed E-state index contributed by atoms with van der Waals surface area (Å²) >= 11 is 0. The summed E-state index contributed by atoms with van der Waals surface area (Å²) in [6.45, 7) is 9.15. The molecule has 0 aliphatic heterocycles. The molecule has 1 aromatic rings. The van der Waals surface area contributed by atoms with E-state index in [2.05, 4.69) is 45.9 Å². The van der Waals surface area contributed by atoms with E-state index >= 15 is 0 Å². The first kappa shape index (κ1) is 13.2. The Hall–Kier alpha value is -0.820. The van der Waals surface area contributed by atoms with Gasteiger partial charge in [0.2, 0.25) is 0 Å². The first-order valence-corrected chi connectivity index (χ1v) is 7.64. The Morgan fingerprint density at radius 1 is 1.16 bits per heavy atom. The van der Waals surface area contributed by atoms with E-state index in [1.165, 1.54) is 24.0 Å². The van der Waals surface area contributed by atoms with Gasteiger partial charge in [0.1, 0.15) is 0 Å². The van der Waals surface area contributed by atoms with E-state index in [0.717, 1.165) is 12.8 Å². The van der Waals surface area contributed by atoms with Crippen LogP contribution in [-0.2, 0) is 11.8 Å². The van der Waals surface area contributed by atoms with Gasteiger partial charge in [-0.3, -0.25) is 0 Å². The number of hydrogen-bond donors (Lipinski definition) is 1. The second-order valence-corrected chi connectivity index (χ2v) is 7.55. The summed E-state index contributed by atoms with van der Waals surface area (Å²) in [5.41, 5.74) is 4.75. The van der Waals surface area contributed by atoms with Crippen molar-refractivity contribution >= 4 is 0 Å². The van der Waals surface area contributed by atoms with Crippen molar-refractivity contribution < 1.29 is 5.11 Å². The number of fused-ring (bicyclic) bond motifs is 3. The highest BCUT2D eigenvalue weighted by Crippen LogP contribution is 2.57. The number of aliphatic hydroxyl groups excluding tert-OH is 1. The van der Waals surface area contributed by atoms with Crippen LogP contribution in [0.5, 0.6) is 0 Å². The number of benzene rings is 1. The highest BCUT2D eigenvalue weighted by atomic mass is 16.3. The normalized spacial score (nSPS) is 36.5.